The lowest BCUT2D eigenvalue weighted by atomic mass is 9.98. The van der Waals surface area contributed by atoms with Gasteiger partial charge in [-0.1, -0.05) is 0 Å². The van der Waals surface area contributed by atoms with E-state index in [0.717, 1.165) is 18.2 Å². The van der Waals surface area contributed by atoms with Crippen LogP contribution >= 0.6 is 0 Å². The number of hydrogen-bond acceptors (Lipinski definition) is 3. The average molecular weight is 219 g/mol. The summed E-state index contributed by atoms with van der Waals surface area (Å²) in [5, 5.41) is 3.48. The zero-order valence-electron chi connectivity index (χ0n) is 9.95. The van der Waals surface area contributed by atoms with Crippen LogP contribution in [0.25, 0.3) is 0 Å². The van der Waals surface area contributed by atoms with E-state index in [4.69, 9.17) is 5.73 Å². The molecule has 0 bridgehead atoms. The predicted molar refractivity (Wildman–Crippen MR) is 69.6 cm³/mol. The number of likely N-dealkylation sites (tertiary alicyclic amines) is 1. The largest absolute Gasteiger partial charge is 0.399 e. The van der Waals surface area contributed by atoms with E-state index < -0.39 is 0 Å². The molecule has 0 spiro atoms. The monoisotopic (exact) mass is 219 g/mol. The average Bonchev–Trinajstić information content (AvgIpc) is 2.28. The summed E-state index contributed by atoms with van der Waals surface area (Å²) in [6.07, 6.45) is 2.66. The summed E-state index contributed by atoms with van der Waals surface area (Å²) in [5.74, 6) is 0.774. The second-order valence-electron chi connectivity index (χ2n) is 4.77. The van der Waals surface area contributed by atoms with Crippen LogP contribution in [0.15, 0.2) is 24.3 Å². The summed E-state index contributed by atoms with van der Waals surface area (Å²) < 4.78 is 0. The van der Waals surface area contributed by atoms with Gasteiger partial charge in [0.05, 0.1) is 0 Å². The van der Waals surface area contributed by atoms with Gasteiger partial charge in [-0.25, -0.2) is 0 Å². The third-order valence-corrected chi connectivity index (χ3v) is 3.23. The first-order valence-corrected chi connectivity index (χ1v) is 6.02. The first-order chi connectivity index (χ1) is 7.74. The Morgan fingerprint density at radius 1 is 1.38 bits per heavy atom. The fourth-order valence-electron chi connectivity index (χ4n) is 2.30. The first-order valence-electron chi connectivity index (χ1n) is 6.02. The SMILES string of the molecule is CN1CCCC(CNc2ccc(N)cc2)C1. The molecule has 1 atom stereocenters. The molecular formula is C13H21N3. The van der Waals surface area contributed by atoms with Crippen LogP contribution in [0.4, 0.5) is 11.4 Å². The summed E-state index contributed by atoms with van der Waals surface area (Å²) in [4.78, 5) is 2.42. The van der Waals surface area contributed by atoms with E-state index in [1.54, 1.807) is 0 Å². The predicted octanol–water partition coefficient (Wildman–Crippen LogP) is 2.02. The minimum atomic E-state index is 0.774. The van der Waals surface area contributed by atoms with Crippen LogP contribution in [0.3, 0.4) is 0 Å². The van der Waals surface area contributed by atoms with Gasteiger partial charge in [0.1, 0.15) is 0 Å². The molecule has 0 aliphatic carbocycles. The van der Waals surface area contributed by atoms with Crippen LogP contribution in [-0.2, 0) is 0 Å². The fourth-order valence-corrected chi connectivity index (χ4v) is 2.30. The molecule has 3 N–H and O–H groups in total. The summed E-state index contributed by atoms with van der Waals surface area (Å²) >= 11 is 0. The van der Waals surface area contributed by atoms with Gasteiger partial charge >= 0.3 is 0 Å². The molecule has 1 fully saturated rings. The lowest BCUT2D eigenvalue weighted by Gasteiger charge is -2.29. The number of nitrogens with one attached hydrogen (secondary N) is 1. The van der Waals surface area contributed by atoms with Crippen molar-refractivity contribution < 1.29 is 0 Å². The van der Waals surface area contributed by atoms with E-state index in [2.05, 4.69) is 17.3 Å². The minimum Gasteiger partial charge on any atom is -0.399 e. The van der Waals surface area contributed by atoms with E-state index in [-0.39, 0.29) is 0 Å². The number of benzene rings is 1. The highest BCUT2D eigenvalue weighted by atomic mass is 15.1. The summed E-state index contributed by atoms with van der Waals surface area (Å²) in [7, 11) is 2.20. The zero-order chi connectivity index (χ0) is 11.4. The Morgan fingerprint density at radius 2 is 2.12 bits per heavy atom. The number of nitrogens with two attached hydrogens (primary N) is 1. The molecule has 1 unspecified atom stereocenters. The van der Waals surface area contributed by atoms with Crippen molar-refractivity contribution in [2.45, 2.75) is 12.8 Å². The Kier molecular flexibility index (Phi) is 3.67. The lowest BCUT2D eigenvalue weighted by molar-refractivity contribution is 0.217. The van der Waals surface area contributed by atoms with Crippen molar-refractivity contribution in [1.29, 1.82) is 0 Å². The molecule has 1 saturated heterocycles. The van der Waals surface area contributed by atoms with Gasteiger partial charge in [-0.15, -0.1) is 0 Å². The zero-order valence-corrected chi connectivity index (χ0v) is 9.95. The van der Waals surface area contributed by atoms with Crippen molar-refractivity contribution in [3.05, 3.63) is 24.3 Å². The van der Waals surface area contributed by atoms with Crippen molar-refractivity contribution in [3.63, 3.8) is 0 Å². The Bertz CT molecular complexity index is 320. The summed E-state index contributed by atoms with van der Waals surface area (Å²) in [5.41, 5.74) is 7.64. The highest BCUT2D eigenvalue weighted by Crippen LogP contribution is 2.17. The Balaban J connectivity index is 1.80. The van der Waals surface area contributed by atoms with Gasteiger partial charge in [-0.05, 0) is 56.6 Å². The van der Waals surface area contributed by atoms with Crippen LogP contribution in [0, 0.1) is 5.92 Å². The molecule has 1 aromatic carbocycles. The van der Waals surface area contributed by atoms with Crippen molar-refractivity contribution >= 4 is 11.4 Å². The number of nitrogen functional groups attached to an aromatic ring is 1. The van der Waals surface area contributed by atoms with Crippen molar-refractivity contribution in [2.75, 3.05) is 37.7 Å². The topological polar surface area (TPSA) is 41.3 Å². The third-order valence-electron chi connectivity index (χ3n) is 3.23. The van der Waals surface area contributed by atoms with Crippen LogP contribution in [-0.4, -0.2) is 31.6 Å². The highest BCUT2D eigenvalue weighted by Gasteiger charge is 2.16. The van der Waals surface area contributed by atoms with E-state index in [0.29, 0.717) is 0 Å². The number of piperidine rings is 1. The lowest BCUT2D eigenvalue weighted by Crippen LogP contribution is -2.35. The van der Waals surface area contributed by atoms with E-state index in [1.165, 1.54) is 31.6 Å². The van der Waals surface area contributed by atoms with Crippen molar-refractivity contribution in [2.24, 2.45) is 5.92 Å². The molecule has 0 radical (unpaired) electrons. The van der Waals surface area contributed by atoms with Gasteiger partial charge in [0, 0.05) is 24.5 Å². The number of anilines is 2. The molecule has 88 valence electrons. The van der Waals surface area contributed by atoms with Crippen LogP contribution in [0.5, 0.6) is 0 Å². The standard InChI is InChI=1S/C13H21N3/c1-16-8-2-3-11(10-16)9-15-13-6-4-12(14)5-7-13/h4-7,11,15H,2-3,8-10,14H2,1H3. The fraction of sp³-hybridized carbons (Fsp3) is 0.538. The normalized spacial score (nSPS) is 21.9. The smallest absolute Gasteiger partial charge is 0.0341 e. The van der Waals surface area contributed by atoms with Gasteiger partial charge in [-0.3, -0.25) is 0 Å². The van der Waals surface area contributed by atoms with Crippen molar-refractivity contribution in [3.8, 4) is 0 Å². The van der Waals surface area contributed by atoms with E-state index in [9.17, 15) is 0 Å². The van der Waals surface area contributed by atoms with Gasteiger partial charge in [0.25, 0.3) is 0 Å². The highest BCUT2D eigenvalue weighted by molar-refractivity contribution is 5.51. The molecule has 3 nitrogen and oxygen atoms in total. The molecule has 16 heavy (non-hydrogen) atoms. The number of nitrogens with zero attached hydrogens (tertiary/aromatic N) is 1. The van der Waals surface area contributed by atoms with Crippen LogP contribution in [0.2, 0.25) is 0 Å². The maximum absolute atomic E-state index is 5.65. The third kappa shape index (κ3) is 3.14. The first kappa shape index (κ1) is 11.3. The molecule has 0 saturated carbocycles. The molecule has 1 aliphatic heterocycles. The van der Waals surface area contributed by atoms with Crippen molar-refractivity contribution in [1.82, 2.24) is 4.90 Å². The van der Waals surface area contributed by atoms with E-state index >= 15 is 0 Å². The Hall–Kier alpha value is -1.22. The van der Waals surface area contributed by atoms with Crippen LogP contribution < -0.4 is 11.1 Å². The maximum Gasteiger partial charge on any atom is 0.0341 e. The van der Waals surface area contributed by atoms with Gasteiger partial charge in [0.15, 0.2) is 0 Å². The Labute approximate surface area is 97.6 Å². The molecule has 3 heteroatoms. The molecule has 1 aromatic rings. The second-order valence-corrected chi connectivity index (χ2v) is 4.77. The summed E-state index contributed by atoms with van der Waals surface area (Å²) in [6, 6.07) is 7.97. The second kappa shape index (κ2) is 5.21. The minimum absolute atomic E-state index is 0.774. The van der Waals surface area contributed by atoms with Gasteiger partial charge in [0.2, 0.25) is 0 Å². The van der Waals surface area contributed by atoms with Gasteiger partial charge < -0.3 is 16.0 Å². The van der Waals surface area contributed by atoms with Gasteiger partial charge in [-0.2, -0.15) is 0 Å². The number of rotatable bonds is 3. The van der Waals surface area contributed by atoms with E-state index in [1.807, 2.05) is 24.3 Å². The molecule has 0 aromatic heterocycles. The number of hydrogen-bond donors (Lipinski definition) is 2. The quantitative estimate of drug-likeness (QED) is 0.764. The molecular weight excluding hydrogens is 198 g/mol. The Morgan fingerprint density at radius 3 is 2.81 bits per heavy atom. The molecule has 1 aliphatic rings. The van der Waals surface area contributed by atoms with Crippen LogP contribution in [0.1, 0.15) is 12.8 Å². The molecule has 2 rings (SSSR count). The molecule has 1 heterocycles. The summed E-state index contributed by atoms with van der Waals surface area (Å²) in [6.45, 7) is 3.52. The maximum atomic E-state index is 5.65. The molecule has 0 amide bonds.